The first-order valence-corrected chi connectivity index (χ1v) is 8.00. The highest BCUT2D eigenvalue weighted by atomic mass is 16.5. The average molecular weight is 294 g/mol. The molecule has 1 aliphatic rings. The minimum Gasteiger partial charge on any atom is -0.466 e. The third kappa shape index (κ3) is 5.29. The summed E-state index contributed by atoms with van der Waals surface area (Å²) in [5.41, 5.74) is 2.43. The zero-order valence-electron chi connectivity index (χ0n) is 14.4. The lowest BCUT2D eigenvalue weighted by atomic mass is 9.69. The Kier molecular flexibility index (Phi) is 6.18. The molecule has 0 saturated carbocycles. The molecule has 0 aromatic heterocycles. The molecule has 120 valence electrons. The smallest absolute Gasteiger partial charge is 0.302 e. The van der Waals surface area contributed by atoms with Gasteiger partial charge in [0, 0.05) is 13.3 Å². The van der Waals surface area contributed by atoms with Gasteiger partial charge < -0.3 is 4.74 Å². The molecule has 0 radical (unpaired) electrons. The van der Waals surface area contributed by atoms with Crippen molar-refractivity contribution < 1.29 is 14.3 Å². The van der Waals surface area contributed by atoms with Crippen LogP contribution in [0.15, 0.2) is 11.1 Å². The second kappa shape index (κ2) is 7.24. The largest absolute Gasteiger partial charge is 0.466 e. The predicted molar refractivity (Wildman–Crippen MR) is 84.9 cm³/mol. The second-order valence-corrected chi connectivity index (χ2v) is 7.36. The zero-order valence-corrected chi connectivity index (χ0v) is 14.4. The van der Waals surface area contributed by atoms with Gasteiger partial charge in [-0.15, -0.1) is 0 Å². The van der Waals surface area contributed by atoms with E-state index in [0.717, 1.165) is 24.8 Å². The van der Waals surface area contributed by atoms with Crippen molar-refractivity contribution in [3.05, 3.63) is 11.1 Å². The van der Waals surface area contributed by atoms with E-state index in [1.807, 2.05) is 6.92 Å². The van der Waals surface area contributed by atoms with Gasteiger partial charge in [-0.1, -0.05) is 33.3 Å². The Morgan fingerprint density at radius 3 is 2.48 bits per heavy atom. The van der Waals surface area contributed by atoms with Crippen LogP contribution in [0.4, 0.5) is 0 Å². The lowest BCUT2D eigenvalue weighted by Crippen LogP contribution is -2.26. The normalized spacial score (nSPS) is 21.1. The molecule has 0 N–H and O–H groups in total. The molecule has 2 atom stereocenters. The summed E-state index contributed by atoms with van der Waals surface area (Å²) in [5, 5.41) is 0. The first-order chi connectivity index (χ1) is 9.63. The van der Waals surface area contributed by atoms with E-state index >= 15 is 0 Å². The van der Waals surface area contributed by atoms with Crippen molar-refractivity contribution in [2.75, 3.05) is 6.61 Å². The van der Waals surface area contributed by atoms with Crippen molar-refractivity contribution in [3.63, 3.8) is 0 Å². The van der Waals surface area contributed by atoms with Crippen molar-refractivity contribution in [3.8, 4) is 0 Å². The van der Waals surface area contributed by atoms with E-state index in [-0.39, 0.29) is 11.4 Å². The highest BCUT2D eigenvalue weighted by molar-refractivity contribution is 5.96. The Morgan fingerprint density at radius 2 is 1.90 bits per heavy atom. The fourth-order valence-electron chi connectivity index (χ4n) is 3.32. The number of allylic oxidation sites excluding steroid dienone is 2. The van der Waals surface area contributed by atoms with Crippen LogP contribution in [0.2, 0.25) is 0 Å². The summed E-state index contributed by atoms with van der Waals surface area (Å²) in [4.78, 5) is 22.8. The third-order valence-corrected chi connectivity index (χ3v) is 4.59. The van der Waals surface area contributed by atoms with Crippen molar-refractivity contribution in [2.24, 2.45) is 17.3 Å². The number of esters is 1. The molecule has 3 heteroatoms. The fraction of sp³-hybridized carbons (Fsp3) is 0.778. The number of Topliss-reactive ketones (excluding diaryl/α,β-unsaturated/α-hetero) is 1. The van der Waals surface area contributed by atoms with Crippen LogP contribution in [-0.2, 0) is 14.3 Å². The van der Waals surface area contributed by atoms with Crippen LogP contribution in [0.1, 0.15) is 67.2 Å². The molecule has 0 amide bonds. The molecule has 3 nitrogen and oxygen atoms in total. The Morgan fingerprint density at radius 1 is 1.29 bits per heavy atom. The maximum atomic E-state index is 12.0. The van der Waals surface area contributed by atoms with Crippen LogP contribution in [0.5, 0.6) is 0 Å². The summed E-state index contributed by atoms with van der Waals surface area (Å²) in [6, 6.07) is 0. The SMILES string of the molecule is CC(=O)OCC(C)CC(C)CC1=C(C)C(=O)CCC1(C)C. The molecule has 0 spiro atoms. The van der Waals surface area contributed by atoms with E-state index in [1.165, 1.54) is 12.5 Å². The highest BCUT2D eigenvalue weighted by Crippen LogP contribution is 2.42. The molecule has 21 heavy (non-hydrogen) atoms. The average Bonchev–Trinajstić information content (AvgIpc) is 2.37. The maximum absolute atomic E-state index is 12.0. The summed E-state index contributed by atoms with van der Waals surface area (Å²) >= 11 is 0. The number of carbonyl (C=O) groups excluding carboxylic acids is 2. The monoisotopic (exact) mass is 294 g/mol. The molecule has 0 bridgehead atoms. The Bertz CT molecular complexity index is 432. The molecule has 0 fully saturated rings. The Labute approximate surface area is 129 Å². The van der Waals surface area contributed by atoms with Crippen LogP contribution >= 0.6 is 0 Å². The van der Waals surface area contributed by atoms with Crippen LogP contribution in [0, 0.1) is 17.3 Å². The molecule has 0 saturated heterocycles. The van der Waals surface area contributed by atoms with E-state index in [1.54, 1.807) is 0 Å². The van der Waals surface area contributed by atoms with Gasteiger partial charge in [-0.05, 0) is 49.0 Å². The molecule has 2 unspecified atom stereocenters. The standard InChI is InChI=1S/C18H30O3/c1-12(9-13(2)11-21-15(4)19)10-16-14(3)17(20)7-8-18(16,5)6/h12-13H,7-11H2,1-6H3. The van der Waals surface area contributed by atoms with E-state index in [4.69, 9.17) is 4.74 Å². The topological polar surface area (TPSA) is 43.4 Å². The summed E-state index contributed by atoms with van der Waals surface area (Å²) in [6.07, 6.45) is 3.61. The predicted octanol–water partition coefficient (Wildman–Crippen LogP) is 4.31. The number of hydrogen-bond acceptors (Lipinski definition) is 3. The van der Waals surface area contributed by atoms with Gasteiger partial charge in [-0.3, -0.25) is 9.59 Å². The quantitative estimate of drug-likeness (QED) is 0.686. The summed E-state index contributed by atoms with van der Waals surface area (Å²) in [7, 11) is 0. The summed E-state index contributed by atoms with van der Waals surface area (Å²) in [5.74, 6) is 0.939. The van der Waals surface area contributed by atoms with Gasteiger partial charge in [0.25, 0.3) is 0 Å². The van der Waals surface area contributed by atoms with E-state index < -0.39 is 0 Å². The minimum absolute atomic E-state index is 0.130. The maximum Gasteiger partial charge on any atom is 0.302 e. The first kappa shape index (κ1) is 17.9. The van der Waals surface area contributed by atoms with Gasteiger partial charge in [0.2, 0.25) is 0 Å². The van der Waals surface area contributed by atoms with Gasteiger partial charge >= 0.3 is 5.97 Å². The molecule has 0 aromatic carbocycles. The summed E-state index contributed by atoms with van der Waals surface area (Å²) < 4.78 is 5.07. The third-order valence-electron chi connectivity index (χ3n) is 4.59. The van der Waals surface area contributed by atoms with Crippen LogP contribution in [0.3, 0.4) is 0 Å². The molecule has 1 rings (SSSR count). The molecular formula is C18H30O3. The molecule has 1 aliphatic carbocycles. The Balaban J connectivity index is 2.64. The second-order valence-electron chi connectivity index (χ2n) is 7.36. The van der Waals surface area contributed by atoms with Crippen LogP contribution in [0.25, 0.3) is 0 Å². The Hall–Kier alpha value is -1.12. The van der Waals surface area contributed by atoms with Crippen molar-refractivity contribution in [2.45, 2.75) is 67.2 Å². The van der Waals surface area contributed by atoms with Crippen LogP contribution in [-0.4, -0.2) is 18.4 Å². The van der Waals surface area contributed by atoms with Gasteiger partial charge in [-0.2, -0.15) is 0 Å². The van der Waals surface area contributed by atoms with E-state index in [0.29, 0.717) is 30.6 Å². The van der Waals surface area contributed by atoms with Gasteiger partial charge in [0.05, 0.1) is 6.61 Å². The first-order valence-electron chi connectivity index (χ1n) is 8.00. The van der Waals surface area contributed by atoms with Crippen molar-refractivity contribution in [1.29, 1.82) is 0 Å². The van der Waals surface area contributed by atoms with Crippen molar-refractivity contribution in [1.82, 2.24) is 0 Å². The molecule has 0 aromatic rings. The van der Waals surface area contributed by atoms with Crippen LogP contribution < -0.4 is 0 Å². The van der Waals surface area contributed by atoms with Crippen molar-refractivity contribution >= 4 is 11.8 Å². The minimum atomic E-state index is -0.216. The number of ketones is 1. The lowest BCUT2D eigenvalue weighted by molar-refractivity contribution is -0.142. The number of rotatable bonds is 6. The number of hydrogen-bond donors (Lipinski definition) is 0. The van der Waals surface area contributed by atoms with E-state index in [9.17, 15) is 9.59 Å². The van der Waals surface area contributed by atoms with Gasteiger partial charge in [-0.25, -0.2) is 0 Å². The lowest BCUT2D eigenvalue weighted by Gasteiger charge is -2.35. The molecular weight excluding hydrogens is 264 g/mol. The molecule has 0 aliphatic heterocycles. The van der Waals surface area contributed by atoms with E-state index in [2.05, 4.69) is 27.7 Å². The van der Waals surface area contributed by atoms with Gasteiger partial charge in [0.1, 0.15) is 0 Å². The summed E-state index contributed by atoms with van der Waals surface area (Å²) in [6.45, 7) is 12.7. The fourth-order valence-corrected chi connectivity index (χ4v) is 3.32. The number of carbonyl (C=O) groups is 2. The van der Waals surface area contributed by atoms with Gasteiger partial charge in [0.15, 0.2) is 5.78 Å². The zero-order chi connectivity index (χ0) is 16.2. The number of ether oxygens (including phenoxy) is 1. The highest BCUT2D eigenvalue weighted by Gasteiger charge is 2.32. The molecule has 0 heterocycles.